The zero-order chi connectivity index (χ0) is 15.0. The van der Waals surface area contributed by atoms with Gasteiger partial charge in [0.2, 0.25) is 0 Å². The molecule has 1 N–H and O–H groups in total. The zero-order valence-electron chi connectivity index (χ0n) is 12.0. The van der Waals surface area contributed by atoms with E-state index in [1.54, 1.807) is 21.1 Å². The van der Waals surface area contributed by atoms with Crippen molar-refractivity contribution in [3.05, 3.63) is 47.0 Å². The number of likely N-dealkylation sites (N-methyl/N-ethyl adjacent to an activating group) is 1. The summed E-state index contributed by atoms with van der Waals surface area (Å²) in [5.41, 5.74) is 5.57. The summed E-state index contributed by atoms with van der Waals surface area (Å²) in [5.74, 6) is 1.10. The lowest BCUT2D eigenvalue weighted by Crippen LogP contribution is -2.27. The van der Waals surface area contributed by atoms with Crippen LogP contribution in [0.3, 0.4) is 0 Å². The number of fused-ring (bicyclic) bond motifs is 1. The van der Waals surface area contributed by atoms with Crippen LogP contribution in [0.25, 0.3) is 5.70 Å². The van der Waals surface area contributed by atoms with Gasteiger partial charge in [-0.1, -0.05) is 12.1 Å². The highest BCUT2D eigenvalue weighted by Crippen LogP contribution is 2.35. The Labute approximate surface area is 122 Å². The van der Waals surface area contributed by atoms with E-state index in [1.165, 1.54) is 11.1 Å². The van der Waals surface area contributed by atoms with E-state index in [0.717, 1.165) is 5.56 Å². The molecule has 0 aliphatic carbocycles. The molecule has 108 valence electrons. The first-order valence-corrected chi connectivity index (χ1v) is 6.47. The largest absolute Gasteiger partial charge is 0.496 e. The monoisotopic (exact) mass is 285 g/mol. The molecule has 0 aromatic heterocycles. The molecule has 6 nitrogen and oxygen atoms in total. The molecule has 2 heterocycles. The number of hydrogen-bond donors (Lipinski definition) is 1. The molecule has 1 aromatic rings. The van der Waals surface area contributed by atoms with Gasteiger partial charge in [0, 0.05) is 12.6 Å². The van der Waals surface area contributed by atoms with Crippen LogP contribution in [0.15, 0.2) is 46.4 Å². The minimum Gasteiger partial charge on any atom is -0.496 e. The Bertz CT molecular complexity index is 704. The summed E-state index contributed by atoms with van der Waals surface area (Å²) >= 11 is 0. The molecule has 2 aliphatic rings. The van der Waals surface area contributed by atoms with E-state index in [-0.39, 0.29) is 5.91 Å². The number of aliphatic imine (C=N–C) groups is 1. The molecule has 0 saturated heterocycles. The number of hydrogen-bond acceptors (Lipinski definition) is 5. The third kappa shape index (κ3) is 2.05. The van der Waals surface area contributed by atoms with Crippen LogP contribution in [0.2, 0.25) is 0 Å². The van der Waals surface area contributed by atoms with Gasteiger partial charge >= 0.3 is 0 Å². The average molecular weight is 285 g/mol. The van der Waals surface area contributed by atoms with Gasteiger partial charge in [0.15, 0.2) is 5.76 Å². The number of rotatable bonds is 2. The summed E-state index contributed by atoms with van der Waals surface area (Å²) in [6.07, 6.45) is 1.30. The molecule has 3 rings (SSSR count). The maximum atomic E-state index is 12.0. The van der Waals surface area contributed by atoms with Crippen molar-refractivity contribution in [2.45, 2.75) is 6.92 Å². The number of amides is 1. The highest BCUT2D eigenvalue weighted by molar-refractivity contribution is 6.28. The lowest BCUT2D eigenvalue weighted by molar-refractivity contribution is -0.120. The van der Waals surface area contributed by atoms with Gasteiger partial charge in [0.1, 0.15) is 22.8 Å². The van der Waals surface area contributed by atoms with Crippen LogP contribution < -0.4 is 10.2 Å². The van der Waals surface area contributed by atoms with Crippen molar-refractivity contribution in [1.29, 1.82) is 0 Å². The Balaban J connectivity index is 2.25. The first-order valence-electron chi connectivity index (χ1n) is 6.47. The van der Waals surface area contributed by atoms with Crippen molar-refractivity contribution in [3.8, 4) is 5.75 Å². The van der Waals surface area contributed by atoms with E-state index >= 15 is 0 Å². The Morgan fingerprint density at radius 1 is 1.33 bits per heavy atom. The van der Waals surface area contributed by atoms with Gasteiger partial charge < -0.3 is 14.5 Å². The fourth-order valence-electron chi connectivity index (χ4n) is 2.39. The number of nitrogens with one attached hydrogen (secondary N) is 1. The second-order valence-corrected chi connectivity index (χ2v) is 4.69. The van der Waals surface area contributed by atoms with Gasteiger partial charge in [-0.05, 0) is 19.1 Å². The topological polar surface area (TPSA) is 63.2 Å². The second-order valence-electron chi connectivity index (χ2n) is 4.69. The minimum absolute atomic E-state index is 0.209. The highest BCUT2D eigenvalue weighted by atomic mass is 16.7. The molecule has 2 aliphatic heterocycles. The van der Waals surface area contributed by atoms with Gasteiger partial charge in [-0.2, -0.15) is 0 Å². The van der Waals surface area contributed by atoms with Crippen LogP contribution in [0.4, 0.5) is 0 Å². The van der Waals surface area contributed by atoms with Crippen LogP contribution in [-0.4, -0.2) is 31.2 Å². The quantitative estimate of drug-likeness (QED) is 0.898. The van der Waals surface area contributed by atoms with Crippen molar-refractivity contribution < 1.29 is 14.4 Å². The molecule has 1 amide bonds. The Kier molecular flexibility index (Phi) is 3.13. The fraction of sp³-hybridized carbons (Fsp3) is 0.200. The molecule has 0 atom stereocenters. The SMILES string of the molecule is COc1ccccc1C1=C2NOC(C)=C2N(C)C(=O)C=N1. The molecule has 0 radical (unpaired) electrons. The summed E-state index contributed by atoms with van der Waals surface area (Å²) in [4.78, 5) is 23.2. The fourth-order valence-corrected chi connectivity index (χ4v) is 2.39. The van der Waals surface area contributed by atoms with E-state index in [4.69, 9.17) is 9.57 Å². The minimum atomic E-state index is -0.209. The van der Waals surface area contributed by atoms with E-state index in [1.807, 2.05) is 24.3 Å². The normalized spacial score (nSPS) is 17.5. The van der Waals surface area contributed by atoms with E-state index in [2.05, 4.69) is 10.5 Å². The van der Waals surface area contributed by atoms with E-state index in [0.29, 0.717) is 28.6 Å². The molecule has 1 aromatic carbocycles. The third-order valence-corrected chi connectivity index (χ3v) is 3.45. The number of para-hydroxylation sites is 1. The predicted octanol–water partition coefficient (Wildman–Crippen LogP) is 1.67. The number of carbonyl (C=O) groups is 1. The molecule has 6 heteroatoms. The molecule has 21 heavy (non-hydrogen) atoms. The maximum absolute atomic E-state index is 12.0. The second kappa shape index (κ2) is 4.97. The van der Waals surface area contributed by atoms with Crippen LogP contribution in [0, 0.1) is 0 Å². The first-order chi connectivity index (χ1) is 10.1. The maximum Gasteiger partial charge on any atom is 0.269 e. The van der Waals surface area contributed by atoms with E-state index < -0.39 is 0 Å². The number of hydroxylamine groups is 1. The zero-order valence-corrected chi connectivity index (χ0v) is 12.0. The highest BCUT2D eigenvalue weighted by Gasteiger charge is 2.31. The van der Waals surface area contributed by atoms with Crippen molar-refractivity contribution in [2.24, 2.45) is 4.99 Å². The van der Waals surface area contributed by atoms with Crippen molar-refractivity contribution in [3.63, 3.8) is 0 Å². The number of nitrogens with zero attached hydrogens (tertiary/aromatic N) is 2. The Hall–Kier alpha value is -2.76. The number of allylic oxidation sites excluding steroid dienone is 1. The third-order valence-electron chi connectivity index (χ3n) is 3.45. The molecule has 0 bridgehead atoms. The molecular formula is C15H15N3O3. The summed E-state index contributed by atoms with van der Waals surface area (Å²) in [6.45, 7) is 1.80. The molecule has 0 saturated carbocycles. The summed E-state index contributed by atoms with van der Waals surface area (Å²) in [5, 5.41) is 0. The van der Waals surface area contributed by atoms with Crippen LogP contribution in [-0.2, 0) is 9.63 Å². The van der Waals surface area contributed by atoms with Gasteiger partial charge in [-0.3, -0.25) is 4.79 Å². The smallest absolute Gasteiger partial charge is 0.269 e. The van der Waals surface area contributed by atoms with Crippen molar-refractivity contribution in [1.82, 2.24) is 10.4 Å². The van der Waals surface area contributed by atoms with Crippen LogP contribution in [0.1, 0.15) is 12.5 Å². The first kappa shape index (κ1) is 13.2. The molecule has 0 fully saturated rings. The van der Waals surface area contributed by atoms with Gasteiger partial charge in [-0.15, -0.1) is 0 Å². The molecule has 0 spiro atoms. The van der Waals surface area contributed by atoms with Gasteiger partial charge in [-0.25, -0.2) is 10.5 Å². The Morgan fingerprint density at radius 2 is 2.10 bits per heavy atom. The molecule has 0 unspecified atom stereocenters. The summed E-state index contributed by atoms with van der Waals surface area (Å²) in [6, 6.07) is 7.51. The van der Waals surface area contributed by atoms with Gasteiger partial charge in [0.25, 0.3) is 5.91 Å². The summed E-state index contributed by atoms with van der Waals surface area (Å²) in [7, 11) is 3.29. The number of carbonyl (C=O) groups excluding carboxylic acids is 1. The standard InChI is InChI=1S/C15H15N3O3/c1-9-15-14(17-21-9)13(16-8-12(19)18(15)2)10-6-4-5-7-11(10)20-3/h4-8,17H,1-3H3. The van der Waals surface area contributed by atoms with Crippen LogP contribution >= 0.6 is 0 Å². The molecular weight excluding hydrogens is 270 g/mol. The van der Waals surface area contributed by atoms with E-state index in [9.17, 15) is 4.79 Å². The lowest BCUT2D eigenvalue weighted by atomic mass is 10.1. The Morgan fingerprint density at radius 3 is 2.86 bits per heavy atom. The number of methoxy groups -OCH3 is 1. The predicted molar refractivity (Wildman–Crippen MR) is 78.1 cm³/mol. The van der Waals surface area contributed by atoms with Gasteiger partial charge in [0.05, 0.1) is 13.3 Å². The van der Waals surface area contributed by atoms with Crippen molar-refractivity contribution >= 4 is 17.8 Å². The van der Waals surface area contributed by atoms with Crippen LogP contribution in [0.5, 0.6) is 5.75 Å². The summed E-state index contributed by atoms with van der Waals surface area (Å²) < 4.78 is 5.38. The number of ether oxygens (including phenoxy) is 1. The van der Waals surface area contributed by atoms with Crippen molar-refractivity contribution in [2.75, 3.05) is 14.2 Å². The average Bonchev–Trinajstić information content (AvgIpc) is 2.82. The number of benzene rings is 1. The lowest BCUT2D eigenvalue weighted by Gasteiger charge is -2.15.